The minimum absolute atomic E-state index is 0.0325. The summed E-state index contributed by atoms with van der Waals surface area (Å²) in [4.78, 5) is 47.5. The number of amides is 2. The van der Waals surface area contributed by atoms with E-state index in [0.717, 1.165) is 12.1 Å². The zero-order valence-electron chi connectivity index (χ0n) is 12.8. The van der Waals surface area contributed by atoms with Crippen LogP contribution in [-0.4, -0.2) is 38.8 Å². The molecule has 0 fully saturated rings. The zero-order chi connectivity index (χ0) is 18.1. The quantitative estimate of drug-likeness (QED) is 0.504. The number of nitrogens with zero attached hydrogens (tertiary/aromatic N) is 2. The van der Waals surface area contributed by atoms with Gasteiger partial charge in [-0.05, 0) is 11.6 Å². The van der Waals surface area contributed by atoms with Crippen molar-refractivity contribution in [3.63, 3.8) is 0 Å². The molecule has 1 atom stereocenters. The SMILES string of the molecule is O=C(O)[C@H](Cc1ccccc1)N1C(=O)c2ccc([N+](=O)[O-])cc2C1=O. The van der Waals surface area contributed by atoms with Gasteiger partial charge in [0.25, 0.3) is 17.5 Å². The first-order valence-corrected chi connectivity index (χ1v) is 7.33. The number of non-ortho nitro benzene ring substituents is 1. The zero-order valence-corrected chi connectivity index (χ0v) is 12.8. The van der Waals surface area contributed by atoms with E-state index in [2.05, 4.69) is 0 Å². The average Bonchev–Trinajstić information content (AvgIpc) is 2.84. The van der Waals surface area contributed by atoms with Crippen LogP contribution in [0.2, 0.25) is 0 Å². The van der Waals surface area contributed by atoms with Crippen molar-refractivity contribution in [2.45, 2.75) is 12.5 Å². The highest BCUT2D eigenvalue weighted by Gasteiger charge is 2.43. The van der Waals surface area contributed by atoms with E-state index >= 15 is 0 Å². The lowest BCUT2D eigenvalue weighted by atomic mass is 10.0. The van der Waals surface area contributed by atoms with Crippen molar-refractivity contribution in [3.05, 3.63) is 75.3 Å². The summed E-state index contributed by atoms with van der Waals surface area (Å²) in [6, 6.07) is 10.5. The Kier molecular flexibility index (Phi) is 4.02. The lowest BCUT2D eigenvalue weighted by Gasteiger charge is -2.22. The van der Waals surface area contributed by atoms with Gasteiger partial charge in [0, 0.05) is 18.6 Å². The molecule has 1 aliphatic heterocycles. The van der Waals surface area contributed by atoms with Gasteiger partial charge in [0.05, 0.1) is 16.1 Å². The first-order valence-electron chi connectivity index (χ1n) is 7.33. The second kappa shape index (κ2) is 6.16. The normalized spacial score (nSPS) is 14.3. The third-order valence-corrected chi connectivity index (χ3v) is 3.98. The number of nitro groups is 1. The molecule has 1 N–H and O–H groups in total. The number of carbonyl (C=O) groups excluding carboxylic acids is 2. The molecule has 126 valence electrons. The molecule has 0 bridgehead atoms. The third-order valence-electron chi connectivity index (χ3n) is 3.98. The standard InChI is InChI=1S/C17H12N2O6/c20-15-12-7-6-11(19(24)25)9-13(12)16(21)18(15)14(17(22)23)8-10-4-2-1-3-5-10/h1-7,9,14H,8H2,(H,22,23)/t14-/m0/s1. The number of nitro benzene ring substituents is 1. The number of imide groups is 1. The number of carbonyl (C=O) groups is 3. The number of aliphatic carboxylic acids is 1. The summed E-state index contributed by atoms with van der Waals surface area (Å²) in [5.74, 6) is -2.93. The van der Waals surface area contributed by atoms with Gasteiger partial charge in [-0.25, -0.2) is 4.79 Å². The molecular formula is C17H12N2O6. The van der Waals surface area contributed by atoms with Crippen molar-refractivity contribution in [1.29, 1.82) is 0 Å². The van der Waals surface area contributed by atoms with Crippen LogP contribution >= 0.6 is 0 Å². The Bertz CT molecular complexity index is 893. The van der Waals surface area contributed by atoms with Gasteiger partial charge in [-0.1, -0.05) is 30.3 Å². The molecule has 0 saturated heterocycles. The molecule has 2 aromatic rings. The molecule has 0 radical (unpaired) electrons. The smallest absolute Gasteiger partial charge is 0.327 e. The summed E-state index contributed by atoms with van der Waals surface area (Å²) >= 11 is 0. The topological polar surface area (TPSA) is 118 Å². The van der Waals surface area contributed by atoms with E-state index in [0.29, 0.717) is 10.5 Å². The summed E-state index contributed by atoms with van der Waals surface area (Å²) in [5.41, 5.74) is 0.127. The van der Waals surface area contributed by atoms with E-state index < -0.39 is 28.7 Å². The molecular weight excluding hydrogens is 328 g/mol. The highest BCUT2D eigenvalue weighted by atomic mass is 16.6. The number of carboxylic acid groups (broad SMARTS) is 1. The molecule has 8 nitrogen and oxygen atoms in total. The Hall–Kier alpha value is -3.55. The summed E-state index contributed by atoms with van der Waals surface area (Å²) in [6.45, 7) is 0. The van der Waals surface area contributed by atoms with Gasteiger partial charge in [-0.2, -0.15) is 0 Å². The number of fused-ring (bicyclic) bond motifs is 1. The lowest BCUT2D eigenvalue weighted by molar-refractivity contribution is -0.384. The Balaban J connectivity index is 1.98. The largest absolute Gasteiger partial charge is 0.480 e. The van der Waals surface area contributed by atoms with E-state index in [4.69, 9.17) is 0 Å². The van der Waals surface area contributed by atoms with Gasteiger partial charge in [-0.3, -0.25) is 24.6 Å². The van der Waals surface area contributed by atoms with Crippen LogP contribution in [0.5, 0.6) is 0 Å². The van der Waals surface area contributed by atoms with Crippen LogP contribution in [0, 0.1) is 10.1 Å². The minimum Gasteiger partial charge on any atom is -0.480 e. The average molecular weight is 340 g/mol. The number of rotatable bonds is 5. The summed E-state index contributed by atoms with van der Waals surface area (Å²) in [5, 5.41) is 20.4. The maximum atomic E-state index is 12.5. The highest BCUT2D eigenvalue weighted by molar-refractivity contribution is 6.22. The molecule has 1 aliphatic rings. The second-order valence-electron chi connectivity index (χ2n) is 5.51. The monoisotopic (exact) mass is 340 g/mol. The van der Waals surface area contributed by atoms with E-state index in [-0.39, 0.29) is 23.2 Å². The fraction of sp³-hybridized carbons (Fsp3) is 0.118. The van der Waals surface area contributed by atoms with Crippen LogP contribution < -0.4 is 0 Å². The fourth-order valence-electron chi connectivity index (χ4n) is 2.77. The molecule has 0 saturated carbocycles. The van der Waals surface area contributed by atoms with Crippen LogP contribution in [0.4, 0.5) is 5.69 Å². The highest BCUT2D eigenvalue weighted by Crippen LogP contribution is 2.29. The van der Waals surface area contributed by atoms with Gasteiger partial charge < -0.3 is 5.11 Å². The van der Waals surface area contributed by atoms with E-state index in [1.54, 1.807) is 30.3 Å². The van der Waals surface area contributed by atoms with Crippen molar-refractivity contribution in [3.8, 4) is 0 Å². The van der Waals surface area contributed by atoms with Crippen LogP contribution in [0.1, 0.15) is 26.3 Å². The Morgan fingerprint density at radius 3 is 2.32 bits per heavy atom. The van der Waals surface area contributed by atoms with Crippen molar-refractivity contribution < 1.29 is 24.4 Å². The molecule has 0 aliphatic carbocycles. The maximum Gasteiger partial charge on any atom is 0.327 e. The predicted molar refractivity (Wildman–Crippen MR) is 85.2 cm³/mol. The van der Waals surface area contributed by atoms with Gasteiger partial charge in [0.15, 0.2) is 0 Å². The van der Waals surface area contributed by atoms with E-state index in [1.807, 2.05) is 0 Å². The van der Waals surface area contributed by atoms with Crippen molar-refractivity contribution in [2.75, 3.05) is 0 Å². The van der Waals surface area contributed by atoms with Crippen LogP contribution in [-0.2, 0) is 11.2 Å². The fourth-order valence-corrected chi connectivity index (χ4v) is 2.77. The van der Waals surface area contributed by atoms with Crippen LogP contribution in [0.25, 0.3) is 0 Å². The van der Waals surface area contributed by atoms with Gasteiger partial charge >= 0.3 is 5.97 Å². The first-order chi connectivity index (χ1) is 11.9. The molecule has 3 rings (SSSR count). The van der Waals surface area contributed by atoms with Crippen molar-refractivity contribution >= 4 is 23.5 Å². The lowest BCUT2D eigenvalue weighted by Crippen LogP contribution is -2.46. The van der Waals surface area contributed by atoms with E-state index in [9.17, 15) is 29.6 Å². The Labute approximate surface area is 141 Å². The Morgan fingerprint density at radius 2 is 1.72 bits per heavy atom. The van der Waals surface area contributed by atoms with Gasteiger partial charge in [0.1, 0.15) is 6.04 Å². The molecule has 2 aromatic carbocycles. The molecule has 0 aromatic heterocycles. The minimum atomic E-state index is -1.39. The molecule has 25 heavy (non-hydrogen) atoms. The van der Waals surface area contributed by atoms with Crippen molar-refractivity contribution in [2.24, 2.45) is 0 Å². The number of hydrogen-bond acceptors (Lipinski definition) is 5. The Morgan fingerprint density at radius 1 is 1.08 bits per heavy atom. The van der Waals surface area contributed by atoms with Crippen LogP contribution in [0.3, 0.4) is 0 Å². The van der Waals surface area contributed by atoms with Gasteiger partial charge in [-0.15, -0.1) is 0 Å². The molecule has 0 spiro atoms. The van der Waals surface area contributed by atoms with Gasteiger partial charge in [0.2, 0.25) is 0 Å². The number of benzene rings is 2. The number of carboxylic acids is 1. The predicted octanol–water partition coefficient (Wildman–Crippen LogP) is 1.89. The summed E-state index contributed by atoms with van der Waals surface area (Å²) in [7, 11) is 0. The molecule has 0 unspecified atom stereocenters. The maximum absolute atomic E-state index is 12.5. The second-order valence-corrected chi connectivity index (χ2v) is 5.51. The van der Waals surface area contributed by atoms with E-state index in [1.165, 1.54) is 6.07 Å². The molecule has 1 heterocycles. The molecule has 2 amide bonds. The van der Waals surface area contributed by atoms with Crippen molar-refractivity contribution in [1.82, 2.24) is 4.90 Å². The summed E-state index contributed by atoms with van der Waals surface area (Å²) in [6.07, 6.45) is -0.0519. The number of hydrogen-bond donors (Lipinski definition) is 1. The van der Waals surface area contributed by atoms with Crippen LogP contribution in [0.15, 0.2) is 48.5 Å². The summed E-state index contributed by atoms with van der Waals surface area (Å²) < 4.78 is 0. The molecule has 8 heteroatoms. The first kappa shape index (κ1) is 16.3. The third kappa shape index (κ3) is 2.85.